The maximum absolute atomic E-state index is 13.1. The molecule has 27 heavy (non-hydrogen) atoms. The Morgan fingerprint density at radius 3 is 2.81 bits per heavy atom. The van der Waals surface area contributed by atoms with Gasteiger partial charge in [-0.15, -0.1) is 0 Å². The van der Waals surface area contributed by atoms with Gasteiger partial charge in [0, 0.05) is 43.4 Å². The highest BCUT2D eigenvalue weighted by Gasteiger charge is 2.27. The molecule has 5 heteroatoms. The summed E-state index contributed by atoms with van der Waals surface area (Å²) in [6, 6.07) is 11.9. The summed E-state index contributed by atoms with van der Waals surface area (Å²) in [5, 5.41) is 6.40. The van der Waals surface area contributed by atoms with Crippen molar-refractivity contribution in [2.75, 3.05) is 20.2 Å². The van der Waals surface area contributed by atoms with Crippen molar-refractivity contribution in [3.8, 4) is 5.75 Å². The van der Waals surface area contributed by atoms with Gasteiger partial charge in [0.1, 0.15) is 5.75 Å². The minimum Gasteiger partial charge on any atom is -0.497 e. The number of likely N-dealkylation sites (tertiary alicyclic amines) is 1. The average Bonchev–Trinajstić information content (AvgIpc) is 3.11. The number of carbonyl (C=O) groups is 1. The monoisotopic (exact) mass is 363 g/mol. The van der Waals surface area contributed by atoms with Crippen LogP contribution in [0.25, 0.3) is 10.8 Å². The predicted molar refractivity (Wildman–Crippen MR) is 106 cm³/mol. The van der Waals surface area contributed by atoms with Crippen LogP contribution in [0.4, 0.5) is 0 Å². The molecule has 5 nitrogen and oxygen atoms in total. The maximum Gasteiger partial charge on any atom is 0.167 e. The normalized spacial score (nSPS) is 17.9. The lowest BCUT2D eigenvalue weighted by Crippen LogP contribution is -2.38. The van der Waals surface area contributed by atoms with E-state index in [-0.39, 0.29) is 11.7 Å². The third kappa shape index (κ3) is 3.88. The lowest BCUT2D eigenvalue weighted by atomic mass is 9.89. The second-order valence-electron chi connectivity index (χ2n) is 7.39. The Labute approximate surface area is 159 Å². The lowest BCUT2D eigenvalue weighted by molar-refractivity contribution is 0.0811. The van der Waals surface area contributed by atoms with E-state index in [2.05, 4.69) is 10.00 Å². The van der Waals surface area contributed by atoms with Gasteiger partial charge in [-0.05, 0) is 48.4 Å². The Morgan fingerprint density at radius 2 is 2.04 bits per heavy atom. The standard InChI is InChI=1S/C22H25N3O2/c1-24-13-16(12-23-24)14-25-9-3-4-20(15-25)22(26)19-6-5-18-11-21(27-2)8-7-17(18)10-19/h5-8,10-13,20H,3-4,9,14-15H2,1-2H3. The van der Waals surface area contributed by atoms with Crippen LogP contribution in [0, 0.1) is 5.92 Å². The maximum atomic E-state index is 13.1. The van der Waals surface area contributed by atoms with Gasteiger partial charge in [0.2, 0.25) is 0 Å². The number of ether oxygens (including phenoxy) is 1. The van der Waals surface area contributed by atoms with E-state index in [9.17, 15) is 4.79 Å². The van der Waals surface area contributed by atoms with Crippen molar-refractivity contribution in [1.82, 2.24) is 14.7 Å². The molecule has 140 valence electrons. The van der Waals surface area contributed by atoms with Crippen molar-refractivity contribution in [3.05, 3.63) is 59.9 Å². The van der Waals surface area contributed by atoms with Crippen molar-refractivity contribution in [3.63, 3.8) is 0 Å². The Morgan fingerprint density at radius 1 is 1.22 bits per heavy atom. The molecular formula is C22H25N3O2. The number of ketones is 1. The first kappa shape index (κ1) is 17.7. The number of piperidine rings is 1. The van der Waals surface area contributed by atoms with Gasteiger partial charge < -0.3 is 4.74 Å². The number of carbonyl (C=O) groups excluding carboxylic acids is 1. The second kappa shape index (κ2) is 7.53. The van der Waals surface area contributed by atoms with E-state index >= 15 is 0 Å². The molecule has 3 aromatic rings. The number of aryl methyl sites for hydroxylation is 1. The summed E-state index contributed by atoms with van der Waals surface area (Å²) in [6.45, 7) is 2.71. The number of hydrogen-bond acceptors (Lipinski definition) is 4. The summed E-state index contributed by atoms with van der Waals surface area (Å²) in [4.78, 5) is 15.5. The Bertz CT molecular complexity index is 963. The molecule has 0 bridgehead atoms. The Balaban J connectivity index is 1.48. The van der Waals surface area contributed by atoms with Gasteiger partial charge in [-0.3, -0.25) is 14.4 Å². The van der Waals surface area contributed by atoms with Crippen LogP contribution in [0.1, 0.15) is 28.8 Å². The highest BCUT2D eigenvalue weighted by Crippen LogP contribution is 2.26. The van der Waals surface area contributed by atoms with Gasteiger partial charge >= 0.3 is 0 Å². The molecule has 1 aliphatic rings. The van der Waals surface area contributed by atoms with Gasteiger partial charge in [0.15, 0.2) is 5.78 Å². The number of methoxy groups -OCH3 is 1. The molecule has 0 spiro atoms. The summed E-state index contributed by atoms with van der Waals surface area (Å²) in [7, 11) is 3.60. The molecular weight excluding hydrogens is 338 g/mol. The summed E-state index contributed by atoms with van der Waals surface area (Å²) < 4.78 is 7.10. The van der Waals surface area contributed by atoms with Gasteiger partial charge in [0.25, 0.3) is 0 Å². The quantitative estimate of drug-likeness (QED) is 0.649. The van der Waals surface area contributed by atoms with E-state index in [0.29, 0.717) is 0 Å². The summed E-state index contributed by atoms with van der Waals surface area (Å²) in [6.07, 6.45) is 5.97. The first-order valence-corrected chi connectivity index (χ1v) is 9.44. The number of hydrogen-bond donors (Lipinski definition) is 0. The number of rotatable bonds is 5. The molecule has 1 saturated heterocycles. The number of benzene rings is 2. The molecule has 0 aliphatic carbocycles. The van der Waals surface area contributed by atoms with Crippen molar-refractivity contribution in [1.29, 1.82) is 0 Å². The molecule has 1 atom stereocenters. The molecule has 1 unspecified atom stereocenters. The molecule has 0 radical (unpaired) electrons. The number of fused-ring (bicyclic) bond motifs is 1. The van der Waals surface area contributed by atoms with Crippen LogP contribution in [-0.4, -0.2) is 40.7 Å². The fraction of sp³-hybridized carbons (Fsp3) is 0.364. The zero-order valence-electron chi connectivity index (χ0n) is 15.9. The minimum atomic E-state index is 0.0612. The van der Waals surface area contributed by atoms with Gasteiger partial charge in [-0.25, -0.2) is 0 Å². The van der Waals surface area contributed by atoms with E-state index in [0.717, 1.165) is 54.6 Å². The average molecular weight is 363 g/mol. The van der Waals surface area contributed by atoms with Crippen molar-refractivity contribution < 1.29 is 9.53 Å². The number of nitrogens with zero attached hydrogens (tertiary/aromatic N) is 3. The highest BCUT2D eigenvalue weighted by atomic mass is 16.5. The van der Waals surface area contributed by atoms with Gasteiger partial charge in [-0.1, -0.05) is 18.2 Å². The van der Waals surface area contributed by atoms with Crippen LogP contribution in [-0.2, 0) is 13.6 Å². The van der Waals surface area contributed by atoms with Crippen molar-refractivity contribution >= 4 is 16.6 Å². The van der Waals surface area contributed by atoms with Gasteiger partial charge in [0.05, 0.1) is 13.3 Å². The largest absolute Gasteiger partial charge is 0.497 e. The minimum absolute atomic E-state index is 0.0612. The summed E-state index contributed by atoms with van der Waals surface area (Å²) in [5.74, 6) is 1.15. The highest BCUT2D eigenvalue weighted by molar-refractivity contribution is 6.01. The Hall–Kier alpha value is -2.66. The topological polar surface area (TPSA) is 47.4 Å². The van der Waals surface area contributed by atoms with E-state index in [1.807, 2.05) is 60.5 Å². The lowest BCUT2D eigenvalue weighted by Gasteiger charge is -2.31. The molecule has 1 aromatic heterocycles. The van der Waals surface area contributed by atoms with E-state index in [1.54, 1.807) is 7.11 Å². The summed E-state index contributed by atoms with van der Waals surface area (Å²) in [5.41, 5.74) is 2.01. The van der Waals surface area contributed by atoms with Crippen LogP contribution >= 0.6 is 0 Å². The van der Waals surface area contributed by atoms with E-state index in [1.165, 1.54) is 5.56 Å². The molecule has 4 rings (SSSR count). The zero-order valence-corrected chi connectivity index (χ0v) is 15.9. The van der Waals surface area contributed by atoms with Crippen LogP contribution < -0.4 is 4.74 Å². The fourth-order valence-corrected chi connectivity index (χ4v) is 3.96. The third-order valence-corrected chi connectivity index (χ3v) is 5.37. The fourth-order valence-electron chi connectivity index (χ4n) is 3.96. The van der Waals surface area contributed by atoms with E-state index < -0.39 is 0 Å². The Kier molecular flexibility index (Phi) is 4.94. The molecule has 1 fully saturated rings. The van der Waals surface area contributed by atoms with Crippen molar-refractivity contribution in [2.24, 2.45) is 13.0 Å². The molecule has 0 N–H and O–H groups in total. The molecule has 2 heterocycles. The number of aromatic nitrogens is 2. The van der Waals surface area contributed by atoms with Crippen LogP contribution in [0.2, 0.25) is 0 Å². The van der Waals surface area contributed by atoms with Crippen molar-refractivity contribution in [2.45, 2.75) is 19.4 Å². The van der Waals surface area contributed by atoms with Gasteiger partial charge in [-0.2, -0.15) is 5.10 Å². The first-order valence-electron chi connectivity index (χ1n) is 9.44. The van der Waals surface area contributed by atoms with Crippen LogP contribution in [0.15, 0.2) is 48.8 Å². The number of Topliss-reactive ketones (excluding diaryl/α,β-unsaturated/α-hetero) is 1. The summed E-state index contributed by atoms with van der Waals surface area (Å²) >= 11 is 0. The third-order valence-electron chi connectivity index (χ3n) is 5.37. The van der Waals surface area contributed by atoms with Crippen LogP contribution in [0.3, 0.4) is 0 Å². The zero-order chi connectivity index (χ0) is 18.8. The molecule has 1 aliphatic heterocycles. The molecule has 0 amide bonds. The van der Waals surface area contributed by atoms with Crippen LogP contribution in [0.5, 0.6) is 5.75 Å². The van der Waals surface area contributed by atoms with E-state index in [4.69, 9.17) is 4.74 Å². The smallest absolute Gasteiger partial charge is 0.167 e. The first-order chi connectivity index (χ1) is 13.1. The SMILES string of the molecule is COc1ccc2cc(C(=O)C3CCCN(Cc4cnn(C)c4)C3)ccc2c1. The predicted octanol–water partition coefficient (Wildman–Crippen LogP) is 3.68. The molecule has 2 aromatic carbocycles. The molecule has 0 saturated carbocycles. The second-order valence-corrected chi connectivity index (χ2v) is 7.39.